The lowest BCUT2D eigenvalue weighted by molar-refractivity contribution is -0.917. The second kappa shape index (κ2) is 22.9. The van der Waals surface area contributed by atoms with Crippen molar-refractivity contribution < 1.29 is 33.6 Å². The van der Waals surface area contributed by atoms with Crippen molar-refractivity contribution in [3.8, 4) is 0 Å². The summed E-state index contributed by atoms with van der Waals surface area (Å²) in [5.74, 6) is 0.163. The summed E-state index contributed by atoms with van der Waals surface area (Å²) in [5, 5.41) is 12.4. The molecule has 0 aliphatic rings. The summed E-state index contributed by atoms with van der Waals surface area (Å²) in [4.78, 5) is 37.9. The molecule has 0 saturated carbocycles. The molecule has 0 aromatic heterocycles. The third kappa shape index (κ3) is 27.7. The van der Waals surface area contributed by atoms with Gasteiger partial charge < -0.3 is 34.2 Å². The van der Waals surface area contributed by atoms with Crippen molar-refractivity contribution in [2.75, 3.05) is 27.2 Å². The summed E-state index contributed by atoms with van der Waals surface area (Å²) in [7, 11) is -1.25. The number of rotatable bonds is 21. The average Bonchev–Trinajstić information content (AvgIpc) is 2.73. The zero-order valence-electron chi connectivity index (χ0n) is 22.4. The standard InChI is InChI=1S/C25H52N2O2.H3O4P/c1-5-7-8-9-10-11-12-13-14-15-16-17-18-19-20-21-25(29)26-24(6-2)27(3,4)22-23-28;1-5(2,3)4/h24,28H,5-23H2,1-4H3;(H3,1,2,3,4)/p-2. The zero-order chi connectivity index (χ0) is 26.3. The van der Waals surface area contributed by atoms with E-state index in [0.29, 0.717) is 17.4 Å². The van der Waals surface area contributed by atoms with Gasteiger partial charge in [-0.3, -0.25) is 4.79 Å². The predicted octanol–water partition coefficient (Wildman–Crippen LogP) is 3.34. The molecule has 0 heterocycles. The largest absolute Gasteiger partial charge is 0.822 e. The summed E-state index contributed by atoms with van der Waals surface area (Å²) < 4.78 is 9.19. The minimum atomic E-state index is -5.39. The molecule has 0 aromatic rings. The topological polar surface area (TPSA) is 136 Å². The van der Waals surface area contributed by atoms with Gasteiger partial charge in [0.05, 0.1) is 20.7 Å². The number of aliphatic hydroxyl groups is 1. The monoisotopic (exact) mass is 508 g/mol. The van der Waals surface area contributed by atoms with Crippen molar-refractivity contribution in [1.82, 2.24) is 5.32 Å². The van der Waals surface area contributed by atoms with Crippen LogP contribution in [0.5, 0.6) is 0 Å². The van der Waals surface area contributed by atoms with Crippen molar-refractivity contribution >= 4 is 13.7 Å². The number of amides is 1. The molecule has 1 atom stereocenters. The molecule has 206 valence electrons. The maximum atomic E-state index is 12.2. The Morgan fingerprint density at radius 2 is 1.15 bits per heavy atom. The molecule has 0 bridgehead atoms. The van der Waals surface area contributed by atoms with Crippen LogP contribution in [0.15, 0.2) is 0 Å². The number of quaternary nitrogens is 1. The van der Waals surface area contributed by atoms with Gasteiger partial charge in [0.2, 0.25) is 5.91 Å². The highest BCUT2D eigenvalue weighted by Gasteiger charge is 2.27. The Labute approximate surface area is 209 Å². The van der Waals surface area contributed by atoms with Gasteiger partial charge in [-0.2, -0.15) is 7.82 Å². The van der Waals surface area contributed by atoms with E-state index in [1.165, 1.54) is 83.5 Å². The molecule has 9 heteroatoms. The highest BCUT2D eigenvalue weighted by atomic mass is 31.2. The van der Waals surface area contributed by atoms with Gasteiger partial charge in [0.15, 0.2) is 6.17 Å². The first-order chi connectivity index (χ1) is 16.0. The smallest absolute Gasteiger partial charge is 0.224 e. The molecule has 34 heavy (non-hydrogen) atoms. The minimum Gasteiger partial charge on any atom is -0.822 e. The highest BCUT2D eigenvalue weighted by Crippen LogP contribution is 2.14. The van der Waals surface area contributed by atoms with Crippen LogP contribution in [0.3, 0.4) is 0 Å². The van der Waals surface area contributed by atoms with E-state index in [0.717, 1.165) is 19.3 Å². The molecule has 0 fully saturated rings. The van der Waals surface area contributed by atoms with Gasteiger partial charge in [-0.05, 0) is 6.42 Å². The van der Waals surface area contributed by atoms with Crippen molar-refractivity contribution in [3.05, 3.63) is 0 Å². The SMILES string of the molecule is CCCCCCCCCCCCCCCCCC(=O)NC(CC)[N+](C)(C)CCO.O=P([O-])([O-])[O-]. The Balaban J connectivity index is 0. The van der Waals surface area contributed by atoms with Crippen LogP contribution in [-0.2, 0) is 9.36 Å². The molecule has 2 N–H and O–H groups in total. The number of hydrogen-bond acceptors (Lipinski definition) is 6. The van der Waals surface area contributed by atoms with E-state index in [-0.39, 0.29) is 18.7 Å². The Bertz CT molecular complexity index is 505. The number of carbonyl (C=O) groups excluding carboxylic acids is 1. The predicted molar refractivity (Wildman–Crippen MR) is 133 cm³/mol. The first-order valence-electron chi connectivity index (χ1n) is 13.4. The van der Waals surface area contributed by atoms with Crippen LogP contribution >= 0.6 is 7.82 Å². The second-order valence-electron chi connectivity index (χ2n) is 9.86. The molecular weight excluding hydrogens is 455 g/mol. The lowest BCUT2D eigenvalue weighted by Crippen LogP contribution is -2.58. The minimum absolute atomic E-state index is 0.0889. The number of hydrogen-bond donors (Lipinski definition) is 2. The number of likely N-dealkylation sites (N-methyl/N-ethyl adjacent to an activating group) is 1. The van der Waals surface area contributed by atoms with E-state index in [1.54, 1.807) is 0 Å². The van der Waals surface area contributed by atoms with E-state index in [4.69, 9.17) is 19.2 Å². The van der Waals surface area contributed by atoms with E-state index in [1.807, 2.05) is 0 Å². The third-order valence-corrected chi connectivity index (χ3v) is 6.24. The molecule has 0 rings (SSSR count). The molecule has 1 unspecified atom stereocenters. The van der Waals surface area contributed by atoms with E-state index < -0.39 is 7.82 Å². The Kier molecular flexibility index (Phi) is 24.1. The number of nitrogens with zero attached hydrogens (tertiary/aromatic N) is 1. The fourth-order valence-electron chi connectivity index (χ4n) is 4.10. The maximum Gasteiger partial charge on any atom is 0.224 e. The number of unbranched alkanes of at least 4 members (excludes halogenated alkanes) is 14. The summed E-state index contributed by atoms with van der Waals surface area (Å²) >= 11 is 0. The Morgan fingerprint density at radius 1 is 0.794 bits per heavy atom. The Hall–Kier alpha value is -0.500. The number of carbonyl (C=O) groups is 1. The van der Waals surface area contributed by atoms with Crippen molar-refractivity contribution in [1.29, 1.82) is 0 Å². The van der Waals surface area contributed by atoms with Crippen LogP contribution in [0.4, 0.5) is 0 Å². The molecule has 0 aliphatic heterocycles. The van der Waals surface area contributed by atoms with E-state index >= 15 is 0 Å². The van der Waals surface area contributed by atoms with Gasteiger partial charge in [0, 0.05) is 12.8 Å². The maximum absolute atomic E-state index is 12.2. The summed E-state index contributed by atoms with van der Waals surface area (Å²) in [6, 6.07) is 0. The third-order valence-electron chi connectivity index (χ3n) is 6.24. The molecule has 0 radical (unpaired) electrons. The fourth-order valence-corrected chi connectivity index (χ4v) is 4.10. The van der Waals surface area contributed by atoms with Gasteiger partial charge in [0.25, 0.3) is 0 Å². The fraction of sp³-hybridized carbons (Fsp3) is 0.960. The summed E-state index contributed by atoms with van der Waals surface area (Å²) in [6.45, 7) is 5.19. The average molecular weight is 509 g/mol. The van der Waals surface area contributed by atoms with Crippen molar-refractivity contribution in [2.45, 2.75) is 129 Å². The lowest BCUT2D eigenvalue weighted by Gasteiger charge is -2.37. The zero-order valence-corrected chi connectivity index (χ0v) is 23.3. The number of aliphatic hydroxyl groups excluding tert-OH is 1. The molecular formula is C25H53N2O6P-2. The quantitative estimate of drug-likeness (QED) is 0.106. The molecule has 0 aromatic carbocycles. The van der Waals surface area contributed by atoms with Crippen LogP contribution < -0.4 is 20.0 Å². The molecule has 8 nitrogen and oxygen atoms in total. The lowest BCUT2D eigenvalue weighted by atomic mass is 10.0. The number of nitrogens with one attached hydrogen (secondary N) is 1. The summed E-state index contributed by atoms with van der Waals surface area (Å²) in [5.41, 5.74) is 0. The van der Waals surface area contributed by atoms with E-state index in [9.17, 15) is 9.90 Å². The normalized spacial score (nSPS) is 12.7. The molecule has 1 amide bonds. The molecule has 0 saturated heterocycles. The van der Waals surface area contributed by atoms with Crippen molar-refractivity contribution in [2.24, 2.45) is 0 Å². The van der Waals surface area contributed by atoms with Crippen LogP contribution in [0.25, 0.3) is 0 Å². The van der Waals surface area contributed by atoms with Crippen LogP contribution in [0.2, 0.25) is 0 Å². The summed E-state index contributed by atoms with van der Waals surface area (Å²) in [6.07, 6.45) is 21.8. The van der Waals surface area contributed by atoms with Gasteiger partial charge in [-0.25, -0.2) is 0 Å². The second-order valence-corrected chi connectivity index (χ2v) is 10.8. The van der Waals surface area contributed by atoms with E-state index in [2.05, 4.69) is 33.3 Å². The van der Waals surface area contributed by atoms with Crippen molar-refractivity contribution in [3.63, 3.8) is 0 Å². The van der Waals surface area contributed by atoms with Crippen LogP contribution in [-0.4, -0.2) is 48.9 Å². The van der Waals surface area contributed by atoms with Gasteiger partial charge in [-0.1, -0.05) is 104 Å². The first kappa shape index (κ1) is 35.7. The van der Waals surface area contributed by atoms with Gasteiger partial charge in [0.1, 0.15) is 6.54 Å². The molecule has 0 aliphatic carbocycles. The van der Waals surface area contributed by atoms with Gasteiger partial charge in [-0.15, -0.1) is 0 Å². The Morgan fingerprint density at radius 3 is 1.47 bits per heavy atom. The van der Waals surface area contributed by atoms with Crippen LogP contribution in [0.1, 0.15) is 123 Å². The number of phosphoric acid groups is 1. The van der Waals surface area contributed by atoms with Gasteiger partial charge >= 0.3 is 0 Å². The van der Waals surface area contributed by atoms with Crippen LogP contribution in [0, 0.1) is 0 Å². The highest BCUT2D eigenvalue weighted by molar-refractivity contribution is 7.40. The molecule has 0 spiro atoms. The first-order valence-corrected chi connectivity index (χ1v) is 14.9.